The number of nitrogens with two attached hydrogens (primary N) is 1. The maximum absolute atomic E-state index is 5.76. The van der Waals surface area contributed by atoms with Crippen LogP contribution >= 0.6 is 0 Å². The number of nitrogens with one attached hydrogen (secondary N) is 1. The van der Waals surface area contributed by atoms with E-state index in [0.29, 0.717) is 0 Å². The predicted molar refractivity (Wildman–Crippen MR) is 72.5 cm³/mol. The smallest absolute Gasteiger partial charge is 0.142 e. The van der Waals surface area contributed by atoms with Gasteiger partial charge in [0, 0.05) is 5.69 Å². The summed E-state index contributed by atoms with van der Waals surface area (Å²) in [5.41, 5.74) is 9.24. The van der Waals surface area contributed by atoms with Gasteiger partial charge in [-0.1, -0.05) is 12.1 Å². The number of H-pyrrole nitrogens is 1. The number of nitrogens with zero attached hydrogens (tertiary/aromatic N) is 1. The van der Waals surface area contributed by atoms with Crippen LogP contribution < -0.4 is 10.5 Å². The van der Waals surface area contributed by atoms with Gasteiger partial charge in [0.2, 0.25) is 0 Å². The van der Waals surface area contributed by atoms with Crippen molar-refractivity contribution >= 4 is 16.7 Å². The fraction of sp³-hybridized carbons (Fsp3) is 0.0714. The summed E-state index contributed by atoms with van der Waals surface area (Å²) < 4.78 is 5.33. The summed E-state index contributed by atoms with van der Waals surface area (Å²) in [4.78, 5) is 7.80. The van der Waals surface area contributed by atoms with Crippen LogP contribution in [0.25, 0.3) is 22.4 Å². The number of methoxy groups -OCH3 is 1. The Bertz CT molecular complexity index is 703. The fourth-order valence-corrected chi connectivity index (χ4v) is 2.00. The summed E-state index contributed by atoms with van der Waals surface area (Å²) in [5, 5.41) is 0. The maximum atomic E-state index is 5.76. The minimum Gasteiger partial charge on any atom is -0.496 e. The molecule has 0 bridgehead atoms. The molecular weight excluding hydrogens is 226 g/mol. The zero-order valence-corrected chi connectivity index (χ0v) is 9.97. The Labute approximate surface area is 104 Å². The Hall–Kier alpha value is -2.49. The predicted octanol–water partition coefficient (Wildman–Crippen LogP) is 2.82. The lowest BCUT2D eigenvalue weighted by atomic mass is 10.2. The van der Waals surface area contributed by atoms with Gasteiger partial charge in [0.1, 0.15) is 11.6 Å². The van der Waals surface area contributed by atoms with E-state index < -0.39 is 0 Å². The van der Waals surface area contributed by atoms with Crippen LogP contribution in [0.2, 0.25) is 0 Å². The summed E-state index contributed by atoms with van der Waals surface area (Å²) in [5.74, 6) is 1.58. The van der Waals surface area contributed by atoms with Gasteiger partial charge in [0.25, 0.3) is 0 Å². The Morgan fingerprint density at radius 2 is 2.00 bits per heavy atom. The van der Waals surface area contributed by atoms with E-state index in [9.17, 15) is 0 Å². The van der Waals surface area contributed by atoms with Crippen molar-refractivity contribution in [3.8, 4) is 17.1 Å². The summed E-state index contributed by atoms with van der Waals surface area (Å²) in [6, 6.07) is 13.4. The number of aromatic amines is 1. The molecule has 3 rings (SSSR count). The largest absolute Gasteiger partial charge is 0.496 e. The number of ether oxygens (including phenoxy) is 1. The number of aromatic nitrogens is 2. The third-order valence-corrected chi connectivity index (χ3v) is 2.87. The fourth-order valence-electron chi connectivity index (χ4n) is 2.00. The Morgan fingerprint density at radius 3 is 2.83 bits per heavy atom. The monoisotopic (exact) mass is 239 g/mol. The van der Waals surface area contributed by atoms with Crippen molar-refractivity contribution in [2.75, 3.05) is 12.8 Å². The van der Waals surface area contributed by atoms with Gasteiger partial charge in [-0.05, 0) is 30.3 Å². The molecule has 0 aliphatic carbocycles. The van der Waals surface area contributed by atoms with Crippen molar-refractivity contribution in [3.05, 3.63) is 42.5 Å². The number of fused-ring (bicyclic) bond motifs is 1. The van der Waals surface area contributed by atoms with Crippen LogP contribution in [-0.4, -0.2) is 17.1 Å². The zero-order valence-electron chi connectivity index (χ0n) is 9.97. The van der Waals surface area contributed by atoms with Crippen molar-refractivity contribution in [2.24, 2.45) is 0 Å². The lowest BCUT2D eigenvalue weighted by Gasteiger charge is -2.04. The van der Waals surface area contributed by atoms with Crippen molar-refractivity contribution < 1.29 is 4.74 Å². The molecule has 3 aromatic rings. The first kappa shape index (κ1) is 10.7. The molecular formula is C14H13N3O. The highest BCUT2D eigenvalue weighted by Gasteiger charge is 2.09. The van der Waals surface area contributed by atoms with E-state index in [1.807, 2.05) is 42.5 Å². The highest BCUT2D eigenvalue weighted by molar-refractivity contribution is 5.83. The van der Waals surface area contributed by atoms with Crippen LogP contribution in [-0.2, 0) is 0 Å². The average Bonchev–Trinajstić information content (AvgIpc) is 2.81. The van der Waals surface area contributed by atoms with E-state index in [-0.39, 0.29) is 0 Å². The molecule has 0 saturated carbocycles. The molecule has 0 spiro atoms. The van der Waals surface area contributed by atoms with Crippen LogP contribution in [0.1, 0.15) is 0 Å². The van der Waals surface area contributed by atoms with Gasteiger partial charge in [0.05, 0.1) is 23.7 Å². The van der Waals surface area contributed by atoms with Crippen molar-refractivity contribution in [3.63, 3.8) is 0 Å². The van der Waals surface area contributed by atoms with Crippen molar-refractivity contribution in [1.29, 1.82) is 0 Å². The third kappa shape index (κ3) is 1.68. The summed E-state index contributed by atoms with van der Waals surface area (Å²) in [6.07, 6.45) is 0. The second-order valence-corrected chi connectivity index (χ2v) is 4.06. The molecule has 2 aromatic carbocycles. The molecule has 0 atom stereocenters. The van der Waals surface area contributed by atoms with Gasteiger partial charge >= 0.3 is 0 Å². The SMILES string of the molecule is COc1ccccc1-c1nc2ccc(N)cc2[nH]1. The zero-order chi connectivity index (χ0) is 12.5. The number of hydrogen-bond donors (Lipinski definition) is 2. The molecule has 0 aliphatic heterocycles. The number of imidazole rings is 1. The minimum absolute atomic E-state index is 0.720. The average molecular weight is 239 g/mol. The molecule has 18 heavy (non-hydrogen) atoms. The minimum atomic E-state index is 0.720. The van der Waals surface area contributed by atoms with E-state index in [4.69, 9.17) is 10.5 Å². The van der Waals surface area contributed by atoms with Gasteiger partial charge < -0.3 is 15.5 Å². The number of rotatable bonds is 2. The molecule has 0 radical (unpaired) electrons. The molecule has 0 amide bonds. The van der Waals surface area contributed by atoms with E-state index in [1.165, 1.54) is 0 Å². The molecule has 1 aromatic heterocycles. The maximum Gasteiger partial charge on any atom is 0.142 e. The normalized spacial score (nSPS) is 10.7. The molecule has 3 N–H and O–H groups in total. The number of benzene rings is 2. The van der Waals surface area contributed by atoms with Crippen LogP contribution in [0.15, 0.2) is 42.5 Å². The summed E-state index contributed by atoms with van der Waals surface area (Å²) in [7, 11) is 1.65. The second kappa shape index (κ2) is 4.07. The van der Waals surface area contributed by atoms with Gasteiger partial charge in [-0.2, -0.15) is 0 Å². The van der Waals surface area contributed by atoms with E-state index in [1.54, 1.807) is 7.11 Å². The first-order valence-electron chi connectivity index (χ1n) is 5.66. The number of hydrogen-bond acceptors (Lipinski definition) is 3. The Balaban J connectivity index is 2.19. The highest BCUT2D eigenvalue weighted by atomic mass is 16.5. The van der Waals surface area contributed by atoms with Gasteiger partial charge in [-0.15, -0.1) is 0 Å². The van der Waals surface area contributed by atoms with Crippen molar-refractivity contribution in [1.82, 2.24) is 9.97 Å². The van der Waals surface area contributed by atoms with E-state index >= 15 is 0 Å². The molecule has 0 saturated heterocycles. The standard InChI is InChI=1S/C14H13N3O/c1-18-13-5-3-2-4-10(13)14-16-11-7-6-9(15)8-12(11)17-14/h2-8H,15H2,1H3,(H,16,17). The lowest BCUT2D eigenvalue weighted by Crippen LogP contribution is -1.88. The van der Waals surface area contributed by atoms with Crippen LogP contribution in [0.4, 0.5) is 5.69 Å². The topological polar surface area (TPSA) is 63.9 Å². The number of para-hydroxylation sites is 1. The van der Waals surface area contributed by atoms with Gasteiger partial charge in [-0.25, -0.2) is 4.98 Å². The second-order valence-electron chi connectivity index (χ2n) is 4.06. The highest BCUT2D eigenvalue weighted by Crippen LogP contribution is 2.29. The van der Waals surface area contributed by atoms with E-state index in [0.717, 1.165) is 33.9 Å². The molecule has 0 aliphatic rings. The Kier molecular flexibility index (Phi) is 2.41. The molecule has 4 nitrogen and oxygen atoms in total. The third-order valence-electron chi connectivity index (χ3n) is 2.87. The lowest BCUT2D eigenvalue weighted by molar-refractivity contribution is 0.416. The molecule has 4 heteroatoms. The quantitative estimate of drug-likeness (QED) is 0.676. The molecule has 90 valence electrons. The van der Waals surface area contributed by atoms with E-state index in [2.05, 4.69) is 9.97 Å². The summed E-state index contributed by atoms with van der Waals surface area (Å²) in [6.45, 7) is 0. The molecule has 0 unspecified atom stereocenters. The van der Waals surface area contributed by atoms with Crippen LogP contribution in [0.5, 0.6) is 5.75 Å². The number of nitrogen functional groups attached to an aromatic ring is 1. The first-order chi connectivity index (χ1) is 8.78. The molecule has 0 fully saturated rings. The van der Waals surface area contributed by atoms with Crippen LogP contribution in [0, 0.1) is 0 Å². The van der Waals surface area contributed by atoms with Gasteiger partial charge in [0.15, 0.2) is 0 Å². The number of anilines is 1. The summed E-state index contributed by atoms with van der Waals surface area (Å²) >= 11 is 0. The van der Waals surface area contributed by atoms with Crippen LogP contribution in [0.3, 0.4) is 0 Å². The Morgan fingerprint density at radius 1 is 1.17 bits per heavy atom. The van der Waals surface area contributed by atoms with Crippen molar-refractivity contribution in [2.45, 2.75) is 0 Å². The first-order valence-corrected chi connectivity index (χ1v) is 5.66. The van der Waals surface area contributed by atoms with Gasteiger partial charge in [-0.3, -0.25) is 0 Å². The molecule has 1 heterocycles.